The normalized spacial score (nSPS) is 18.8. The van der Waals surface area contributed by atoms with Crippen LogP contribution in [0.15, 0.2) is 29.2 Å². The number of hydrogen-bond acceptors (Lipinski definition) is 11. The molecule has 0 unspecified atom stereocenters. The third-order valence-electron chi connectivity index (χ3n) is 11.4. The molecule has 0 radical (unpaired) electrons. The summed E-state index contributed by atoms with van der Waals surface area (Å²) in [7, 11) is 5.64. The number of esters is 1. The van der Waals surface area contributed by atoms with E-state index in [1.54, 1.807) is 23.8 Å². The highest BCUT2D eigenvalue weighted by molar-refractivity contribution is 7.92. The van der Waals surface area contributed by atoms with Gasteiger partial charge < -0.3 is 24.0 Å². The van der Waals surface area contributed by atoms with Gasteiger partial charge in [0.05, 0.1) is 54.3 Å². The number of likely N-dealkylation sites (tertiary alicyclic amines) is 1. The number of benzene rings is 1. The minimum atomic E-state index is -4.04. The second-order valence-electron chi connectivity index (χ2n) is 16.0. The lowest BCUT2D eigenvalue weighted by molar-refractivity contribution is -0.149. The number of ether oxygens (including phenoxy) is 3. The largest absolute Gasteiger partial charge is 0.465 e. The van der Waals surface area contributed by atoms with Crippen LogP contribution >= 0.6 is 0 Å². The van der Waals surface area contributed by atoms with Gasteiger partial charge in [0.15, 0.2) is 21.4 Å². The van der Waals surface area contributed by atoms with Gasteiger partial charge >= 0.3 is 5.97 Å². The van der Waals surface area contributed by atoms with Crippen molar-refractivity contribution in [2.45, 2.75) is 116 Å². The van der Waals surface area contributed by atoms with Crippen molar-refractivity contribution in [3.63, 3.8) is 0 Å². The van der Waals surface area contributed by atoms with Crippen LogP contribution in [0, 0.1) is 29.6 Å². The number of nitrogens with zero attached hydrogens (tertiary/aromatic N) is 3. The maximum Gasteiger partial charge on any atom is 0.337 e. The van der Waals surface area contributed by atoms with Gasteiger partial charge in [0.25, 0.3) is 0 Å². The lowest BCUT2D eigenvalue weighted by Crippen LogP contribution is -2.54. The van der Waals surface area contributed by atoms with Crippen LogP contribution in [0.5, 0.6) is 0 Å². The molecule has 2 rings (SSSR count). The fourth-order valence-electron chi connectivity index (χ4n) is 8.12. The molecule has 55 heavy (non-hydrogen) atoms. The summed E-state index contributed by atoms with van der Waals surface area (Å²) in [5.41, 5.74) is 0.183. The molecular formula is C41H67N3O10S. The summed E-state index contributed by atoms with van der Waals surface area (Å²) in [5.74, 6) is -3.77. The van der Waals surface area contributed by atoms with Crippen molar-refractivity contribution < 1.29 is 46.6 Å². The fraction of sp³-hybridized carbons (Fsp3) is 0.732. The van der Waals surface area contributed by atoms with Crippen LogP contribution in [0.3, 0.4) is 0 Å². The summed E-state index contributed by atoms with van der Waals surface area (Å²) in [5, 5.41) is 0. The Morgan fingerprint density at radius 2 is 1.45 bits per heavy atom. The molecule has 1 fully saturated rings. The number of carbonyl (C=O) groups is 5. The maximum absolute atomic E-state index is 14.3. The Morgan fingerprint density at radius 3 is 1.93 bits per heavy atom. The summed E-state index contributed by atoms with van der Waals surface area (Å²) in [6.45, 7) is 14.0. The third kappa shape index (κ3) is 12.1. The molecule has 1 heterocycles. The van der Waals surface area contributed by atoms with Gasteiger partial charge in [-0.3, -0.25) is 24.1 Å². The summed E-state index contributed by atoms with van der Waals surface area (Å²) >= 11 is 0. The maximum atomic E-state index is 14.3. The topological polar surface area (TPSA) is 157 Å². The van der Waals surface area contributed by atoms with Crippen molar-refractivity contribution in [2.75, 3.05) is 54.8 Å². The molecule has 0 N–H and O–H groups in total. The lowest BCUT2D eigenvalue weighted by atomic mass is 9.83. The van der Waals surface area contributed by atoms with Gasteiger partial charge in [-0.1, -0.05) is 54.9 Å². The molecule has 14 heteroatoms. The molecule has 13 nitrogen and oxygen atoms in total. The number of amides is 2. The first-order valence-corrected chi connectivity index (χ1v) is 21.1. The van der Waals surface area contributed by atoms with Crippen LogP contribution in [0.2, 0.25) is 0 Å². The molecule has 1 saturated heterocycles. The van der Waals surface area contributed by atoms with Crippen molar-refractivity contribution in [3.05, 3.63) is 29.8 Å². The number of sulfone groups is 1. The first kappa shape index (κ1) is 48.0. The van der Waals surface area contributed by atoms with E-state index in [4.69, 9.17) is 9.47 Å². The minimum Gasteiger partial charge on any atom is -0.465 e. The van der Waals surface area contributed by atoms with Crippen LogP contribution in [-0.4, -0.2) is 138 Å². The minimum absolute atomic E-state index is 0.0198. The average molecular weight is 794 g/mol. The van der Waals surface area contributed by atoms with E-state index in [1.807, 2.05) is 60.5 Å². The Bertz CT molecular complexity index is 1550. The van der Waals surface area contributed by atoms with E-state index in [2.05, 4.69) is 4.74 Å². The molecule has 0 aromatic heterocycles. The molecule has 1 aromatic carbocycles. The molecular weight excluding hydrogens is 727 g/mol. The number of rotatable bonds is 22. The van der Waals surface area contributed by atoms with Crippen molar-refractivity contribution in [3.8, 4) is 0 Å². The Labute approximate surface area is 329 Å². The molecule has 0 saturated carbocycles. The Balaban J connectivity index is 2.29. The van der Waals surface area contributed by atoms with Gasteiger partial charge in [-0.05, 0) is 69.0 Å². The van der Waals surface area contributed by atoms with E-state index >= 15 is 0 Å². The summed E-state index contributed by atoms with van der Waals surface area (Å²) in [6.07, 6.45) is 0.585. The van der Waals surface area contributed by atoms with E-state index in [0.29, 0.717) is 25.8 Å². The van der Waals surface area contributed by atoms with Crippen LogP contribution in [0.1, 0.15) is 90.9 Å². The predicted molar refractivity (Wildman–Crippen MR) is 211 cm³/mol. The van der Waals surface area contributed by atoms with Gasteiger partial charge in [-0.2, -0.15) is 0 Å². The molecule has 1 aliphatic rings. The first-order valence-electron chi connectivity index (χ1n) is 19.4. The number of likely N-dealkylation sites (N-methyl/N-ethyl adjacent to an activating group) is 2. The lowest BCUT2D eigenvalue weighted by Gasteiger charge is -2.41. The fourth-order valence-corrected chi connectivity index (χ4v) is 9.48. The zero-order chi connectivity index (χ0) is 41.9. The van der Waals surface area contributed by atoms with Crippen LogP contribution in [0.25, 0.3) is 0 Å². The molecule has 1 aromatic rings. The average Bonchev–Trinajstić information content (AvgIpc) is 3.62. The Morgan fingerprint density at radius 1 is 0.855 bits per heavy atom. The second kappa shape index (κ2) is 21.4. The third-order valence-corrected chi connectivity index (χ3v) is 13.0. The van der Waals surface area contributed by atoms with E-state index in [9.17, 15) is 32.4 Å². The quantitative estimate of drug-likeness (QED) is 0.152. The van der Waals surface area contributed by atoms with E-state index < -0.39 is 63.5 Å². The highest BCUT2D eigenvalue weighted by Gasteiger charge is 2.43. The van der Waals surface area contributed by atoms with Crippen LogP contribution in [-0.2, 0) is 43.2 Å². The monoisotopic (exact) mass is 793 g/mol. The summed E-state index contributed by atoms with van der Waals surface area (Å²) in [4.78, 5) is 72.4. The standard InChI is InChI=1S/C41H67N3O10S/c1-14-27(6)38(43(10)40(48)31(25(2)3)22-33(45)37(26(4)5)42(8)9)35(52-11)23-36(47)44-21-15-16-32(44)39(53-12)28(7)34(46)24-55(50,51)30-19-17-29(18-20-30)41(49)54-13/h17-20,25-28,31-32,35,37-39H,14-16,21-24H2,1-13H3/t27-,28-,31-,32-,35+,37-,38-,39+/m0/s1. The molecule has 312 valence electrons. The van der Waals surface area contributed by atoms with Crippen molar-refractivity contribution >= 4 is 39.2 Å². The zero-order valence-electron chi connectivity index (χ0n) is 35.4. The van der Waals surface area contributed by atoms with E-state index in [0.717, 1.165) is 0 Å². The number of ketones is 2. The molecule has 1 aliphatic heterocycles. The zero-order valence-corrected chi connectivity index (χ0v) is 36.2. The van der Waals surface area contributed by atoms with Crippen molar-refractivity contribution in [1.82, 2.24) is 14.7 Å². The molecule has 0 aliphatic carbocycles. The van der Waals surface area contributed by atoms with E-state index in [1.165, 1.54) is 45.6 Å². The van der Waals surface area contributed by atoms with Crippen LogP contribution < -0.4 is 0 Å². The smallest absolute Gasteiger partial charge is 0.337 e. The second-order valence-corrected chi connectivity index (χ2v) is 18.0. The van der Waals surface area contributed by atoms with Gasteiger partial charge in [-0.15, -0.1) is 0 Å². The van der Waals surface area contributed by atoms with Gasteiger partial charge in [-0.25, -0.2) is 13.2 Å². The predicted octanol–water partition coefficient (Wildman–Crippen LogP) is 4.55. The summed E-state index contributed by atoms with van der Waals surface area (Å²) in [6, 6.07) is 3.93. The number of methoxy groups -OCH3 is 3. The molecule has 8 atom stereocenters. The Hall–Kier alpha value is -3.20. The summed E-state index contributed by atoms with van der Waals surface area (Å²) < 4.78 is 42.9. The van der Waals surface area contributed by atoms with Gasteiger partial charge in [0, 0.05) is 46.1 Å². The number of hydrogen-bond donors (Lipinski definition) is 0. The van der Waals surface area contributed by atoms with Crippen molar-refractivity contribution in [1.29, 1.82) is 0 Å². The SMILES string of the molecule is CC[C@H](C)[C@@H]([C@@H](CC(=O)N1CCC[C@H]1[C@H](OC)[C@@H](C)C(=O)CS(=O)(=O)c1ccc(C(=O)OC)cc1)OC)N(C)C(=O)[C@@H](CC(=O)[C@H](C(C)C)N(C)C)C(C)C. The molecule has 0 spiro atoms. The number of Topliss-reactive ketones (excluding diaryl/α,β-unsaturated/α-hetero) is 2. The van der Waals surface area contributed by atoms with Gasteiger partial charge in [0.1, 0.15) is 5.75 Å². The van der Waals surface area contributed by atoms with Gasteiger partial charge in [0.2, 0.25) is 11.8 Å². The number of carbonyl (C=O) groups excluding carboxylic acids is 5. The molecule has 0 bridgehead atoms. The van der Waals surface area contributed by atoms with E-state index in [-0.39, 0.29) is 64.7 Å². The first-order chi connectivity index (χ1) is 25.7. The van der Waals surface area contributed by atoms with Crippen molar-refractivity contribution in [2.24, 2.45) is 29.6 Å². The highest BCUT2D eigenvalue weighted by Crippen LogP contribution is 2.31. The molecule has 2 amide bonds. The Kier molecular flexibility index (Phi) is 18.6. The highest BCUT2D eigenvalue weighted by atomic mass is 32.2. The van der Waals surface area contributed by atoms with Crippen LogP contribution in [0.4, 0.5) is 0 Å².